The molecule has 3 aromatic rings. The number of nitrogens with one attached hydrogen (secondary N) is 2. The number of hydrogen-bond donors (Lipinski definition) is 2. The number of nitrogens with zero attached hydrogens (tertiary/aromatic N) is 1. The molecule has 27 heavy (non-hydrogen) atoms. The molecule has 0 bridgehead atoms. The van der Waals surface area contributed by atoms with Crippen LogP contribution >= 0.6 is 22.9 Å². The van der Waals surface area contributed by atoms with Gasteiger partial charge in [0.15, 0.2) is 5.13 Å². The van der Waals surface area contributed by atoms with E-state index in [9.17, 15) is 17.6 Å². The second-order valence-electron chi connectivity index (χ2n) is 5.42. The van der Waals surface area contributed by atoms with Crippen molar-refractivity contribution >= 4 is 49.7 Å². The standard InChI is InChI=1S/C17H13ClFN3O3S2/c18-14-8-11(6-7-15(14)19)20-16(23)9-12-10-26-17(21-12)22-27(24,25)13-4-2-1-3-5-13/h1-8,10H,9H2,(H,20,23)(H,21,22). The molecule has 0 saturated heterocycles. The number of benzene rings is 2. The Kier molecular flexibility index (Phi) is 5.73. The maximum Gasteiger partial charge on any atom is 0.263 e. The highest BCUT2D eigenvalue weighted by Gasteiger charge is 2.16. The minimum Gasteiger partial charge on any atom is -0.326 e. The number of sulfonamides is 1. The molecule has 1 amide bonds. The Hall–Kier alpha value is -2.49. The zero-order valence-corrected chi connectivity index (χ0v) is 16.0. The number of rotatable bonds is 6. The Morgan fingerprint density at radius 1 is 1.19 bits per heavy atom. The predicted molar refractivity (Wildman–Crippen MR) is 103 cm³/mol. The van der Waals surface area contributed by atoms with Gasteiger partial charge in [0.25, 0.3) is 10.0 Å². The van der Waals surface area contributed by atoms with Gasteiger partial charge in [0.05, 0.1) is 22.0 Å². The number of aromatic nitrogens is 1. The van der Waals surface area contributed by atoms with E-state index in [0.717, 1.165) is 17.4 Å². The molecule has 0 atom stereocenters. The minimum absolute atomic E-state index is 0.0709. The fourth-order valence-corrected chi connectivity index (χ4v) is 4.32. The first-order valence-electron chi connectivity index (χ1n) is 7.61. The lowest BCUT2D eigenvalue weighted by atomic mass is 10.2. The number of amides is 1. The van der Waals surface area contributed by atoms with E-state index < -0.39 is 15.8 Å². The Bertz CT molecular complexity index is 1070. The van der Waals surface area contributed by atoms with Crippen LogP contribution in [0, 0.1) is 5.82 Å². The summed E-state index contributed by atoms with van der Waals surface area (Å²) in [6.45, 7) is 0. The normalized spacial score (nSPS) is 11.2. The Labute approximate surface area is 164 Å². The summed E-state index contributed by atoms with van der Waals surface area (Å²) in [6, 6.07) is 11.7. The molecule has 0 saturated carbocycles. The average molecular weight is 426 g/mol. The summed E-state index contributed by atoms with van der Waals surface area (Å²) in [6.07, 6.45) is -0.0709. The molecule has 0 unspecified atom stereocenters. The van der Waals surface area contributed by atoms with E-state index in [0.29, 0.717) is 11.4 Å². The molecule has 0 spiro atoms. The van der Waals surface area contributed by atoms with Crippen LogP contribution < -0.4 is 10.0 Å². The van der Waals surface area contributed by atoms with E-state index in [1.165, 1.54) is 24.3 Å². The fourth-order valence-electron chi connectivity index (χ4n) is 2.15. The van der Waals surface area contributed by atoms with Crippen molar-refractivity contribution in [1.29, 1.82) is 0 Å². The van der Waals surface area contributed by atoms with E-state index in [1.807, 2.05) is 0 Å². The number of carbonyl (C=O) groups is 1. The SMILES string of the molecule is O=C(Cc1csc(NS(=O)(=O)c2ccccc2)n1)Nc1ccc(F)c(Cl)c1. The van der Waals surface area contributed by atoms with Gasteiger partial charge in [0.1, 0.15) is 5.82 Å². The summed E-state index contributed by atoms with van der Waals surface area (Å²) in [7, 11) is -3.74. The Morgan fingerprint density at radius 3 is 2.63 bits per heavy atom. The molecule has 2 N–H and O–H groups in total. The van der Waals surface area contributed by atoms with E-state index in [1.54, 1.807) is 23.6 Å². The number of halogens is 2. The van der Waals surface area contributed by atoms with Gasteiger partial charge in [-0.25, -0.2) is 17.8 Å². The second-order valence-corrected chi connectivity index (χ2v) is 8.36. The molecule has 2 aromatic carbocycles. The number of anilines is 2. The summed E-state index contributed by atoms with van der Waals surface area (Å²) < 4.78 is 40.0. The van der Waals surface area contributed by atoms with Crippen molar-refractivity contribution in [2.24, 2.45) is 0 Å². The van der Waals surface area contributed by atoms with Crippen LogP contribution in [0.3, 0.4) is 0 Å². The molecule has 0 aliphatic carbocycles. The average Bonchev–Trinajstić information content (AvgIpc) is 3.05. The van der Waals surface area contributed by atoms with E-state index >= 15 is 0 Å². The quantitative estimate of drug-likeness (QED) is 0.626. The van der Waals surface area contributed by atoms with Crippen molar-refractivity contribution in [3.8, 4) is 0 Å². The third-order valence-electron chi connectivity index (χ3n) is 3.37. The van der Waals surface area contributed by atoms with Gasteiger partial charge >= 0.3 is 0 Å². The molecular formula is C17H13ClFN3O3S2. The molecule has 0 radical (unpaired) electrons. The van der Waals surface area contributed by atoms with Crippen LogP contribution in [0.1, 0.15) is 5.69 Å². The third-order valence-corrected chi connectivity index (χ3v) is 5.95. The van der Waals surface area contributed by atoms with Crippen LogP contribution in [0.2, 0.25) is 5.02 Å². The van der Waals surface area contributed by atoms with Crippen molar-refractivity contribution in [1.82, 2.24) is 4.98 Å². The maximum absolute atomic E-state index is 13.1. The predicted octanol–water partition coefficient (Wildman–Crippen LogP) is 3.92. The Morgan fingerprint density at radius 2 is 1.93 bits per heavy atom. The van der Waals surface area contributed by atoms with Crippen molar-refractivity contribution < 1.29 is 17.6 Å². The highest BCUT2D eigenvalue weighted by atomic mass is 35.5. The Balaban J connectivity index is 1.63. The van der Waals surface area contributed by atoms with Crippen molar-refractivity contribution in [3.05, 3.63) is 70.4 Å². The van der Waals surface area contributed by atoms with Gasteiger partial charge in [0.2, 0.25) is 5.91 Å². The molecule has 140 valence electrons. The van der Waals surface area contributed by atoms with Gasteiger partial charge in [-0.2, -0.15) is 0 Å². The first kappa shape index (κ1) is 19.3. The highest BCUT2D eigenvalue weighted by molar-refractivity contribution is 7.93. The van der Waals surface area contributed by atoms with Crippen molar-refractivity contribution in [3.63, 3.8) is 0 Å². The first-order chi connectivity index (χ1) is 12.8. The monoisotopic (exact) mass is 425 g/mol. The van der Waals surface area contributed by atoms with Crippen LogP contribution in [0.15, 0.2) is 58.8 Å². The molecule has 6 nitrogen and oxygen atoms in total. The summed E-state index contributed by atoms with van der Waals surface area (Å²) in [5.74, 6) is -0.968. The first-order valence-corrected chi connectivity index (χ1v) is 10.3. The smallest absolute Gasteiger partial charge is 0.263 e. The number of hydrogen-bond acceptors (Lipinski definition) is 5. The highest BCUT2D eigenvalue weighted by Crippen LogP contribution is 2.22. The molecule has 3 rings (SSSR count). The van der Waals surface area contributed by atoms with Crippen LogP contribution in [0.25, 0.3) is 0 Å². The van der Waals surface area contributed by atoms with Crippen LogP contribution in [-0.2, 0) is 21.2 Å². The molecule has 0 fully saturated rings. The fraction of sp³-hybridized carbons (Fsp3) is 0.0588. The van der Waals surface area contributed by atoms with Gasteiger partial charge in [0, 0.05) is 11.1 Å². The zero-order valence-electron chi connectivity index (χ0n) is 13.6. The van der Waals surface area contributed by atoms with Crippen molar-refractivity contribution in [2.45, 2.75) is 11.3 Å². The van der Waals surface area contributed by atoms with E-state index in [-0.39, 0.29) is 27.4 Å². The van der Waals surface area contributed by atoms with Crippen molar-refractivity contribution in [2.75, 3.05) is 10.0 Å². The van der Waals surface area contributed by atoms with E-state index in [4.69, 9.17) is 11.6 Å². The molecule has 0 aliphatic heterocycles. The lowest BCUT2D eigenvalue weighted by Gasteiger charge is -2.05. The van der Waals surface area contributed by atoms with Crippen LogP contribution in [0.4, 0.5) is 15.2 Å². The molecule has 0 aliphatic rings. The van der Waals surface area contributed by atoms with E-state index in [2.05, 4.69) is 15.0 Å². The van der Waals surface area contributed by atoms with Gasteiger partial charge in [-0.3, -0.25) is 9.52 Å². The summed E-state index contributed by atoms with van der Waals surface area (Å²) in [4.78, 5) is 16.3. The second kappa shape index (κ2) is 8.03. The molecule has 1 heterocycles. The molecular weight excluding hydrogens is 413 g/mol. The summed E-state index contributed by atoms with van der Waals surface area (Å²) >= 11 is 6.74. The lowest BCUT2D eigenvalue weighted by molar-refractivity contribution is -0.115. The summed E-state index contributed by atoms with van der Waals surface area (Å²) in [5, 5.41) is 4.22. The van der Waals surface area contributed by atoms with Crippen LogP contribution in [-0.4, -0.2) is 19.3 Å². The minimum atomic E-state index is -3.74. The largest absolute Gasteiger partial charge is 0.326 e. The lowest BCUT2D eigenvalue weighted by Crippen LogP contribution is -2.15. The maximum atomic E-state index is 13.1. The third kappa shape index (κ3) is 5.03. The van der Waals surface area contributed by atoms with Gasteiger partial charge in [-0.15, -0.1) is 11.3 Å². The topological polar surface area (TPSA) is 88.2 Å². The van der Waals surface area contributed by atoms with Gasteiger partial charge in [-0.05, 0) is 30.3 Å². The van der Waals surface area contributed by atoms with Gasteiger partial charge < -0.3 is 5.32 Å². The zero-order chi connectivity index (χ0) is 19.4. The number of thiazole rings is 1. The summed E-state index contributed by atoms with van der Waals surface area (Å²) in [5.41, 5.74) is 0.753. The van der Waals surface area contributed by atoms with Gasteiger partial charge in [-0.1, -0.05) is 29.8 Å². The number of carbonyl (C=O) groups excluding carboxylic acids is 1. The molecule has 10 heteroatoms. The molecule has 1 aromatic heterocycles. The van der Waals surface area contributed by atoms with Crippen LogP contribution in [0.5, 0.6) is 0 Å².